The summed E-state index contributed by atoms with van der Waals surface area (Å²) in [7, 11) is 0. The van der Waals surface area contributed by atoms with Crippen molar-refractivity contribution in [2.24, 2.45) is 0 Å². The quantitative estimate of drug-likeness (QED) is 0.355. The molecular formula is C18H26O2. The summed E-state index contributed by atoms with van der Waals surface area (Å²) in [6.45, 7) is 3.63. The fourth-order valence-electron chi connectivity index (χ4n) is 2.26. The number of ether oxygens (including phenoxy) is 2. The van der Waals surface area contributed by atoms with Crippen LogP contribution in [-0.4, -0.2) is 19.3 Å². The maximum Gasteiger partial charge on any atom is 0.119 e. The standard InChI is InChI=1S/C18H26O2/c1-2-3-4-5-6-7-8-10-16-11-9-12-17(13-16)19-14-18-15-20-18/h2-3,9,11-13,18H,4-8,10,14-15H2,1H3/b3-2+. The maximum absolute atomic E-state index is 5.71. The molecule has 0 N–H and O–H groups in total. The molecular weight excluding hydrogens is 248 g/mol. The minimum Gasteiger partial charge on any atom is -0.491 e. The van der Waals surface area contributed by atoms with Gasteiger partial charge < -0.3 is 9.47 Å². The number of rotatable bonds is 10. The zero-order valence-corrected chi connectivity index (χ0v) is 12.5. The van der Waals surface area contributed by atoms with E-state index in [2.05, 4.69) is 37.3 Å². The zero-order chi connectivity index (χ0) is 14.0. The molecule has 0 radical (unpaired) electrons. The fourth-order valence-corrected chi connectivity index (χ4v) is 2.26. The first-order chi connectivity index (χ1) is 9.88. The van der Waals surface area contributed by atoms with Crippen molar-refractivity contribution in [2.45, 2.75) is 51.6 Å². The van der Waals surface area contributed by atoms with Gasteiger partial charge >= 0.3 is 0 Å². The lowest BCUT2D eigenvalue weighted by Crippen LogP contribution is -2.04. The Morgan fingerprint density at radius 1 is 1.25 bits per heavy atom. The number of unbranched alkanes of at least 4 members (excludes halogenated alkanes) is 4. The summed E-state index contributed by atoms with van der Waals surface area (Å²) >= 11 is 0. The molecule has 1 fully saturated rings. The topological polar surface area (TPSA) is 21.8 Å². The SMILES string of the molecule is C/C=C/CCCCCCc1cccc(OCC2CO2)c1. The van der Waals surface area contributed by atoms with Gasteiger partial charge in [0.2, 0.25) is 0 Å². The second kappa shape index (κ2) is 8.80. The second-order valence-electron chi connectivity index (χ2n) is 5.44. The van der Waals surface area contributed by atoms with Gasteiger partial charge in [0, 0.05) is 0 Å². The number of hydrogen-bond acceptors (Lipinski definition) is 2. The van der Waals surface area contributed by atoms with Crippen LogP contribution in [0.3, 0.4) is 0 Å². The fraction of sp³-hybridized carbons (Fsp3) is 0.556. The summed E-state index contributed by atoms with van der Waals surface area (Å²) in [4.78, 5) is 0. The van der Waals surface area contributed by atoms with Crippen LogP contribution in [0.25, 0.3) is 0 Å². The van der Waals surface area contributed by atoms with Gasteiger partial charge in [0.15, 0.2) is 0 Å². The highest BCUT2D eigenvalue weighted by Gasteiger charge is 2.22. The van der Waals surface area contributed by atoms with Gasteiger partial charge in [-0.15, -0.1) is 0 Å². The van der Waals surface area contributed by atoms with Crippen LogP contribution >= 0.6 is 0 Å². The molecule has 0 aliphatic carbocycles. The van der Waals surface area contributed by atoms with E-state index in [4.69, 9.17) is 9.47 Å². The Bertz CT molecular complexity index is 408. The van der Waals surface area contributed by atoms with Crippen LogP contribution in [0.2, 0.25) is 0 Å². The number of aryl methyl sites for hydroxylation is 1. The predicted molar refractivity (Wildman–Crippen MR) is 83.3 cm³/mol. The van der Waals surface area contributed by atoms with E-state index in [-0.39, 0.29) is 0 Å². The molecule has 1 aliphatic rings. The zero-order valence-electron chi connectivity index (χ0n) is 12.5. The molecule has 1 heterocycles. The molecule has 1 aromatic rings. The lowest BCUT2D eigenvalue weighted by molar-refractivity contribution is 0.263. The molecule has 0 bridgehead atoms. The summed E-state index contributed by atoms with van der Waals surface area (Å²) in [5, 5.41) is 0. The van der Waals surface area contributed by atoms with E-state index in [0.717, 1.165) is 18.8 Å². The highest BCUT2D eigenvalue weighted by Crippen LogP contribution is 2.18. The van der Waals surface area contributed by atoms with E-state index in [1.165, 1.54) is 37.7 Å². The van der Waals surface area contributed by atoms with Crippen LogP contribution in [0.1, 0.15) is 44.6 Å². The van der Waals surface area contributed by atoms with E-state index in [9.17, 15) is 0 Å². The van der Waals surface area contributed by atoms with Crippen LogP contribution in [0.4, 0.5) is 0 Å². The normalized spacial score (nSPS) is 17.6. The maximum atomic E-state index is 5.71. The van der Waals surface area contributed by atoms with Gasteiger partial charge in [0.1, 0.15) is 18.5 Å². The van der Waals surface area contributed by atoms with Gasteiger partial charge in [-0.3, -0.25) is 0 Å². The van der Waals surface area contributed by atoms with Crippen molar-refractivity contribution in [3.63, 3.8) is 0 Å². The van der Waals surface area contributed by atoms with E-state index >= 15 is 0 Å². The third-order valence-electron chi connectivity index (χ3n) is 3.56. The number of benzene rings is 1. The Hall–Kier alpha value is -1.28. The summed E-state index contributed by atoms with van der Waals surface area (Å²) < 4.78 is 10.9. The Morgan fingerprint density at radius 2 is 2.10 bits per heavy atom. The first-order valence-electron chi connectivity index (χ1n) is 7.83. The number of hydrogen-bond donors (Lipinski definition) is 0. The largest absolute Gasteiger partial charge is 0.491 e. The van der Waals surface area contributed by atoms with Gasteiger partial charge in [-0.25, -0.2) is 0 Å². The van der Waals surface area contributed by atoms with E-state index in [1.54, 1.807) is 0 Å². The molecule has 2 heteroatoms. The van der Waals surface area contributed by atoms with E-state index in [1.807, 2.05) is 6.07 Å². The first-order valence-corrected chi connectivity index (χ1v) is 7.83. The highest BCUT2D eigenvalue weighted by atomic mass is 16.6. The van der Waals surface area contributed by atoms with Crippen LogP contribution in [-0.2, 0) is 11.2 Å². The Balaban J connectivity index is 1.60. The minimum absolute atomic E-state index is 0.329. The molecule has 0 saturated carbocycles. The van der Waals surface area contributed by atoms with Crippen molar-refractivity contribution in [2.75, 3.05) is 13.2 Å². The molecule has 0 spiro atoms. The van der Waals surface area contributed by atoms with Gasteiger partial charge in [0.25, 0.3) is 0 Å². The Morgan fingerprint density at radius 3 is 2.90 bits per heavy atom. The molecule has 1 saturated heterocycles. The molecule has 110 valence electrons. The molecule has 2 rings (SSSR count). The van der Waals surface area contributed by atoms with Gasteiger partial charge in [-0.2, -0.15) is 0 Å². The average Bonchev–Trinajstić information content (AvgIpc) is 3.29. The highest BCUT2D eigenvalue weighted by molar-refractivity contribution is 5.28. The summed E-state index contributed by atoms with van der Waals surface area (Å²) in [6.07, 6.45) is 12.3. The molecule has 2 nitrogen and oxygen atoms in total. The Labute approximate surface area is 122 Å². The first kappa shape index (κ1) is 15.1. The van der Waals surface area contributed by atoms with Crippen molar-refractivity contribution in [3.8, 4) is 5.75 Å². The summed E-state index contributed by atoms with van der Waals surface area (Å²) in [5.41, 5.74) is 1.38. The molecule has 1 unspecified atom stereocenters. The predicted octanol–water partition coefficient (Wildman–Crippen LogP) is 4.53. The molecule has 20 heavy (non-hydrogen) atoms. The van der Waals surface area contributed by atoms with Crippen LogP contribution in [0.15, 0.2) is 36.4 Å². The smallest absolute Gasteiger partial charge is 0.119 e. The number of epoxide rings is 1. The monoisotopic (exact) mass is 274 g/mol. The molecule has 0 amide bonds. The third kappa shape index (κ3) is 6.25. The van der Waals surface area contributed by atoms with Crippen molar-refractivity contribution in [1.82, 2.24) is 0 Å². The van der Waals surface area contributed by atoms with Crippen molar-refractivity contribution in [1.29, 1.82) is 0 Å². The van der Waals surface area contributed by atoms with E-state index < -0.39 is 0 Å². The number of allylic oxidation sites excluding steroid dienone is 2. The van der Waals surface area contributed by atoms with Gasteiger partial charge in [-0.1, -0.05) is 37.1 Å². The summed E-state index contributed by atoms with van der Waals surface area (Å²) in [5.74, 6) is 0.978. The van der Waals surface area contributed by atoms with Gasteiger partial charge in [-0.05, 0) is 50.3 Å². The minimum atomic E-state index is 0.329. The van der Waals surface area contributed by atoms with E-state index in [0.29, 0.717) is 12.7 Å². The molecule has 1 atom stereocenters. The van der Waals surface area contributed by atoms with Crippen LogP contribution in [0.5, 0.6) is 5.75 Å². The molecule has 1 aromatic carbocycles. The Kier molecular flexibility index (Phi) is 6.65. The van der Waals surface area contributed by atoms with Crippen molar-refractivity contribution < 1.29 is 9.47 Å². The van der Waals surface area contributed by atoms with Crippen molar-refractivity contribution in [3.05, 3.63) is 42.0 Å². The van der Waals surface area contributed by atoms with Gasteiger partial charge in [0.05, 0.1) is 6.61 Å². The van der Waals surface area contributed by atoms with Crippen LogP contribution in [0, 0.1) is 0 Å². The summed E-state index contributed by atoms with van der Waals surface area (Å²) in [6, 6.07) is 8.48. The second-order valence-corrected chi connectivity index (χ2v) is 5.44. The average molecular weight is 274 g/mol. The lowest BCUT2D eigenvalue weighted by Gasteiger charge is -2.07. The third-order valence-corrected chi connectivity index (χ3v) is 3.56. The van der Waals surface area contributed by atoms with Crippen LogP contribution < -0.4 is 4.74 Å². The lowest BCUT2D eigenvalue weighted by atomic mass is 10.1. The molecule has 0 aromatic heterocycles. The van der Waals surface area contributed by atoms with Crippen molar-refractivity contribution >= 4 is 0 Å². The molecule has 1 aliphatic heterocycles.